The molecule has 4 rings (SSSR count). The Balaban J connectivity index is 0.000000454. The lowest BCUT2D eigenvalue weighted by molar-refractivity contribution is -0.192. The minimum absolute atomic E-state index is 0.0571. The normalized spacial score (nSPS) is 14.5. The van der Waals surface area contributed by atoms with Crippen LogP contribution in [0.2, 0.25) is 0 Å². The van der Waals surface area contributed by atoms with Crippen LogP contribution in [0.25, 0.3) is 10.9 Å². The highest BCUT2D eigenvalue weighted by molar-refractivity contribution is 6.06. The van der Waals surface area contributed by atoms with E-state index in [0.717, 1.165) is 49.1 Å². The zero-order chi connectivity index (χ0) is 26.5. The predicted octanol–water partition coefficient (Wildman–Crippen LogP) is 4.25. The lowest BCUT2D eigenvalue weighted by Crippen LogP contribution is -2.45. The quantitative estimate of drug-likeness (QED) is 0.537. The Labute approximate surface area is 206 Å². The number of carbonyl (C=O) groups excluding carboxylic acids is 1. The Hall–Kier alpha value is -3.60. The fraction of sp³-hybridized carbons (Fsp3) is 0.400. The highest BCUT2D eigenvalue weighted by Crippen LogP contribution is 2.28. The van der Waals surface area contributed by atoms with E-state index in [1.165, 1.54) is 11.1 Å². The molecule has 0 bridgehead atoms. The van der Waals surface area contributed by atoms with Crippen LogP contribution in [-0.2, 0) is 11.3 Å². The highest BCUT2D eigenvalue weighted by atomic mass is 19.4. The first-order chi connectivity index (χ1) is 17.0. The summed E-state index contributed by atoms with van der Waals surface area (Å²) in [5.41, 5.74) is 4.03. The Kier molecular flexibility index (Phi) is 8.57. The van der Waals surface area contributed by atoms with E-state index in [4.69, 9.17) is 14.6 Å². The topological polar surface area (TPSA) is 98.8 Å². The molecular formula is C25H29F3N4O4. The average Bonchev–Trinajstić information content (AvgIpc) is 3.33. The number of benzene rings is 2. The number of aromatic amines is 1. The van der Waals surface area contributed by atoms with Crippen molar-refractivity contribution >= 4 is 22.8 Å². The molecule has 1 aromatic heterocycles. The summed E-state index contributed by atoms with van der Waals surface area (Å²) in [5, 5.41) is 15.0. The van der Waals surface area contributed by atoms with E-state index in [1.54, 1.807) is 13.3 Å². The number of nitrogens with zero attached hydrogens (tertiary/aromatic N) is 3. The smallest absolute Gasteiger partial charge is 0.490 e. The second-order valence-corrected chi connectivity index (χ2v) is 8.70. The van der Waals surface area contributed by atoms with Crippen molar-refractivity contribution < 1.29 is 32.6 Å². The van der Waals surface area contributed by atoms with Crippen LogP contribution >= 0.6 is 0 Å². The molecule has 8 nitrogen and oxygen atoms in total. The first-order valence-electron chi connectivity index (χ1n) is 11.4. The third-order valence-electron chi connectivity index (χ3n) is 6.16. The Morgan fingerprint density at radius 3 is 2.47 bits per heavy atom. The van der Waals surface area contributed by atoms with E-state index in [0.29, 0.717) is 11.6 Å². The maximum atomic E-state index is 13.1. The van der Waals surface area contributed by atoms with Gasteiger partial charge in [0.15, 0.2) is 0 Å². The molecule has 0 unspecified atom stereocenters. The van der Waals surface area contributed by atoms with Gasteiger partial charge in [0.2, 0.25) is 0 Å². The minimum Gasteiger partial charge on any atom is -0.496 e. The van der Waals surface area contributed by atoms with Gasteiger partial charge in [0, 0.05) is 25.7 Å². The van der Waals surface area contributed by atoms with Crippen LogP contribution in [0, 0.1) is 6.92 Å². The summed E-state index contributed by atoms with van der Waals surface area (Å²) in [6, 6.07) is 12.8. The molecule has 1 aliphatic heterocycles. The van der Waals surface area contributed by atoms with Crippen LogP contribution in [0.3, 0.4) is 0 Å². The first kappa shape index (κ1) is 27.0. The van der Waals surface area contributed by atoms with Gasteiger partial charge in [-0.1, -0.05) is 29.8 Å². The lowest BCUT2D eigenvalue weighted by Gasteiger charge is -2.37. The van der Waals surface area contributed by atoms with Gasteiger partial charge in [0.25, 0.3) is 5.91 Å². The molecule has 2 aromatic carbocycles. The summed E-state index contributed by atoms with van der Waals surface area (Å²) >= 11 is 0. The van der Waals surface area contributed by atoms with Crippen molar-refractivity contribution in [3.63, 3.8) is 0 Å². The maximum absolute atomic E-state index is 13.1. The third-order valence-corrected chi connectivity index (χ3v) is 6.16. The number of aliphatic carboxylic acids is 1. The summed E-state index contributed by atoms with van der Waals surface area (Å²) in [6.45, 7) is 4.60. The van der Waals surface area contributed by atoms with Gasteiger partial charge in [-0.2, -0.15) is 18.3 Å². The van der Waals surface area contributed by atoms with Gasteiger partial charge in [0.05, 0.1) is 29.8 Å². The van der Waals surface area contributed by atoms with Gasteiger partial charge in [-0.05, 0) is 44.5 Å². The predicted molar refractivity (Wildman–Crippen MR) is 128 cm³/mol. The van der Waals surface area contributed by atoms with E-state index in [2.05, 4.69) is 53.3 Å². The molecule has 11 heteroatoms. The van der Waals surface area contributed by atoms with Crippen molar-refractivity contribution in [2.45, 2.75) is 38.5 Å². The van der Waals surface area contributed by atoms with E-state index in [1.807, 2.05) is 17.0 Å². The number of ether oxygens (including phenoxy) is 1. The van der Waals surface area contributed by atoms with Crippen LogP contribution in [0.5, 0.6) is 5.75 Å². The number of carbonyl (C=O) groups is 2. The molecule has 2 heterocycles. The number of piperidine rings is 1. The van der Waals surface area contributed by atoms with Crippen LogP contribution in [0.4, 0.5) is 13.2 Å². The summed E-state index contributed by atoms with van der Waals surface area (Å²) in [6.07, 6.45) is -1.41. The number of carboxylic acid groups (broad SMARTS) is 1. The molecule has 194 valence electrons. The van der Waals surface area contributed by atoms with Gasteiger partial charge in [-0.25, -0.2) is 4.79 Å². The number of aryl methyl sites for hydroxylation is 1. The number of aromatic nitrogens is 2. The number of alkyl halides is 3. The molecule has 0 radical (unpaired) electrons. The van der Waals surface area contributed by atoms with Crippen molar-refractivity contribution in [1.29, 1.82) is 0 Å². The molecule has 3 aromatic rings. The Bertz CT molecular complexity index is 1200. The monoisotopic (exact) mass is 506 g/mol. The highest BCUT2D eigenvalue weighted by Gasteiger charge is 2.38. The number of carboxylic acids is 1. The fourth-order valence-corrected chi connectivity index (χ4v) is 4.27. The van der Waals surface area contributed by atoms with Crippen molar-refractivity contribution in [3.05, 3.63) is 59.3 Å². The van der Waals surface area contributed by atoms with E-state index >= 15 is 0 Å². The maximum Gasteiger partial charge on any atom is 0.490 e. The van der Waals surface area contributed by atoms with Gasteiger partial charge in [-0.3, -0.25) is 14.8 Å². The summed E-state index contributed by atoms with van der Waals surface area (Å²) in [7, 11) is 3.81. The second-order valence-electron chi connectivity index (χ2n) is 8.70. The number of likely N-dealkylation sites (tertiary alicyclic amines) is 1. The molecule has 0 spiro atoms. The van der Waals surface area contributed by atoms with Crippen molar-refractivity contribution in [2.75, 3.05) is 27.2 Å². The number of methoxy groups -OCH3 is 1. The number of fused-ring (bicyclic) bond motifs is 1. The zero-order valence-corrected chi connectivity index (χ0v) is 20.3. The Morgan fingerprint density at radius 2 is 1.89 bits per heavy atom. The molecule has 0 atom stereocenters. The number of nitrogens with one attached hydrogen (secondary N) is 1. The summed E-state index contributed by atoms with van der Waals surface area (Å²) < 4.78 is 37.1. The van der Waals surface area contributed by atoms with Gasteiger partial charge >= 0.3 is 12.1 Å². The molecule has 2 N–H and O–H groups in total. The molecule has 1 saturated heterocycles. The van der Waals surface area contributed by atoms with Crippen molar-refractivity contribution in [3.8, 4) is 5.75 Å². The second kappa shape index (κ2) is 11.4. The van der Waals surface area contributed by atoms with Crippen molar-refractivity contribution in [1.82, 2.24) is 20.0 Å². The van der Waals surface area contributed by atoms with Crippen LogP contribution in [0.15, 0.2) is 42.6 Å². The first-order valence-corrected chi connectivity index (χ1v) is 11.4. The molecule has 0 saturated carbocycles. The lowest BCUT2D eigenvalue weighted by atomic mass is 10.0. The standard InChI is InChI=1S/C23H28N4O2.C2HF3O2/c1-16-5-4-6-17(13-16)15-26(2)18-9-11-27(12-10-18)23(28)19-7-8-21(29-3)20-14-24-25-22(19)20;3-2(4,5)1(6)7/h4-8,13-14,18H,9-12,15H2,1-3H3,(H,24,25);(H,6,7). The van der Waals surface area contributed by atoms with Crippen LogP contribution < -0.4 is 4.74 Å². The number of halogens is 3. The van der Waals surface area contributed by atoms with Crippen LogP contribution in [0.1, 0.15) is 34.3 Å². The van der Waals surface area contributed by atoms with Gasteiger partial charge in [0.1, 0.15) is 5.75 Å². The molecule has 36 heavy (non-hydrogen) atoms. The van der Waals surface area contributed by atoms with Crippen molar-refractivity contribution in [2.24, 2.45) is 0 Å². The zero-order valence-electron chi connectivity index (χ0n) is 20.3. The fourth-order valence-electron chi connectivity index (χ4n) is 4.27. The Morgan fingerprint density at radius 1 is 1.22 bits per heavy atom. The summed E-state index contributed by atoms with van der Waals surface area (Å²) in [5.74, 6) is -1.98. The SMILES string of the molecule is COc1ccc(C(=O)N2CCC(N(C)Cc3cccc(C)c3)CC2)c2[nH]ncc12.O=C(O)C(F)(F)F. The number of H-pyrrole nitrogens is 1. The molecule has 1 fully saturated rings. The average molecular weight is 507 g/mol. The number of hydrogen-bond donors (Lipinski definition) is 2. The molecule has 1 aliphatic rings. The number of amides is 1. The van der Waals surface area contributed by atoms with Gasteiger partial charge < -0.3 is 14.7 Å². The largest absolute Gasteiger partial charge is 0.496 e. The third kappa shape index (κ3) is 6.54. The molecule has 0 aliphatic carbocycles. The molecular weight excluding hydrogens is 477 g/mol. The van der Waals surface area contributed by atoms with Gasteiger partial charge in [-0.15, -0.1) is 0 Å². The number of hydrogen-bond acceptors (Lipinski definition) is 5. The minimum atomic E-state index is -5.08. The van der Waals surface area contributed by atoms with Crippen LogP contribution in [-0.4, -0.2) is 76.4 Å². The summed E-state index contributed by atoms with van der Waals surface area (Å²) in [4.78, 5) is 26.4. The van der Waals surface area contributed by atoms with E-state index in [-0.39, 0.29) is 5.91 Å². The number of rotatable bonds is 5. The molecule has 1 amide bonds. The van der Waals surface area contributed by atoms with E-state index < -0.39 is 12.1 Å². The van der Waals surface area contributed by atoms with E-state index in [9.17, 15) is 18.0 Å².